The summed E-state index contributed by atoms with van der Waals surface area (Å²) in [5.74, 6) is 0.612. The Hall–Kier alpha value is -3.64. The fraction of sp³-hybridized carbons (Fsp3) is 0.154. The second-order valence-corrected chi connectivity index (χ2v) is 8.27. The number of ketones is 1. The Kier molecular flexibility index (Phi) is 6.23. The minimum absolute atomic E-state index is 0.0855. The van der Waals surface area contributed by atoms with Gasteiger partial charge < -0.3 is 14.2 Å². The molecule has 1 aromatic heterocycles. The first-order valence-electron chi connectivity index (χ1n) is 9.99. The normalized spacial score (nSPS) is 10.7. The van der Waals surface area contributed by atoms with Crippen molar-refractivity contribution in [1.29, 1.82) is 0 Å². The van der Waals surface area contributed by atoms with Crippen molar-refractivity contribution in [3.8, 4) is 21.9 Å². The van der Waals surface area contributed by atoms with Crippen LogP contribution < -0.4 is 9.47 Å². The van der Waals surface area contributed by atoms with Crippen molar-refractivity contribution in [2.75, 3.05) is 21.3 Å². The lowest BCUT2D eigenvalue weighted by molar-refractivity contribution is 0.0600. The van der Waals surface area contributed by atoms with Crippen LogP contribution in [0.15, 0.2) is 66.7 Å². The first kappa shape index (κ1) is 21.6. The number of methoxy groups -OCH3 is 3. The van der Waals surface area contributed by atoms with Crippen LogP contribution in [0.1, 0.15) is 26.3 Å². The molecule has 0 fully saturated rings. The van der Waals surface area contributed by atoms with Crippen LogP contribution in [0.4, 0.5) is 0 Å². The fourth-order valence-corrected chi connectivity index (χ4v) is 4.66. The third-order valence-electron chi connectivity index (χ3n) is 5.25. The minimum atomic E-state index is -0.410. The van der Waals surface area contributed by atoms with Gasteiger partial charge in [-0.3, -0.25) is 4.79 Å². The molecule has 0 amide bonds. The molecular formula is C26H22O5S. The summed E-state index contributed by atoms with van der Waals surface area (Å²) in [4.78, 5) is 25.9. The molecular weight excluding hydrogens is 424 g/mol. The second kappa shape index (κ2) is 9.24. The Bertz CT molecular complexity index is 1250. The smallest absolute Gasteiger partial charge is 0.337 e. The lowest BCUT2D eigenvalue weighted by Gasteiger charge is -2.14. The van der Waals surface area contributed by atoms with Crippen LogP contribution in [-0.2, 0) is 11.2 Å². The van der Waals surface area contributed by atoms with Gasteiger partial charge in [-0.25, -0.2) is 4.79 Å². The van der Waals surface area contributed by atoms with Crippen LogP contribution in [-0.4, -0.2) is 33.1 Å². The maximum Gasteiger partial charge on any atom is 0.337 e. The summed E-state index contributed by atoms with van der Waals surface area (Å²) in [7, 11) is 4.48. The zero-order chi connectivity index (χ0) is 22.7. The van der Waals surface area contributed by atoms with Crippen LogP contribution in [0.5, 0.6) is 11.5 Å². The van der Waals surface area contributed by atoms with Gasteiger partial charge in [0.2, 0.25) is 0 Å². The van der Waals surface area contributed by atoms with Crippen molar-refractivity contribution >= 4 is 33.2 Å². The highest BCUT2D eigenvalue weighted by molar-refractivity contribution is 7.22. The summed E-state index contributed by atoms with van der Waals surface area (Å²) in [6, 6.07) is 20.7. The van der Waals surface area contributed by atoms with E-state index in [0.29, 0.717) is 22.6 Å². The highest BCUT2D eigenvalue weighted by Crippen LogP contribution is 2.41. The molecule has 0 saturated carbocycles. The van der Waals surface area contributed by atoms with Crippen LogP contribution in [0.25, 0.3) is 20.5 Å². The summed E-state index contributed by atoms with van der Waals surface area (Å²) < 4.78 is 17.0. The Morgan fingerprint density at radius 2 is 1.56 bits per heavy atom. The summed E-state index contributed by atoms with van der Waals surface area (Å²) in [5.41, 5.74) is 2.57. The number of thiophene rings is 1. The predicted octanol–water partition coefficient (Wildman–Crippen LogP) is 5.80. The highest BCUT2D eigenvalue weighted by atomic mass is 32.1. The zero-order valence-electron chi connectivity index (χ0n) is 18.0. The summed E-state index contributed by atoms with van der Waals surface area (Å²) in [6.07, 6.45) is 0.177. The molecule has 3 aromatic carbocycles. The van der Waals surface area contributed by atoms with Gasteiger partial charge in [0.05, 0.1) is 32.5 Å². The van der Waals surface area contributed by atoms with Gasteiger partial charge in [-0.2, -0.15) is 0 Å². The summed E-state index contributed by atoms with van der Waals surface area (Å²) in [5, 5.41) is 1.14. The number of hydrogen-bond donors (Lipinski definition) is 0. The number of fused-ring (bicyclic) bond motifs is 1. The van der Waals surface area contributed by atoms with E-state index >= 15 is 0 Å². The van der Waals surface area contributed by atoms with Crippen LogP contribution in [0.3, 0.4) is 0 Å². The van der Waals surface area contributed by atoms with E-state index in [1.807, 2.05) is 18.2 Å². The van der Waals surface area contributed by atoms with Crippen molar-refractivity contribution in [3.63, 3.8) is 0 Å². The van der Waals surface area contributed by atoms with Crippen molar-refractivity contribution in [2.45, 2.75) is 6.42 Å². The average molecular weight is 447 g/mol. The molecule has 4 rings (SSSR count). The number of Topliss-reactive ketones (excluding diaryl/α,β-unsaturated/α-hetero) is 1. The molecule has 1 heterocycles. The molecule has 0 radical (unpaired) electrons. The van der Waals surface area contributed by atoms with Gasteiger partial charge in [-0.05, 0) is 41.3 Å². The fourth-order valence-electron chi connectivity index (χ4n) is 3.58. The van der Waals surface area contributed by atoms with Gasteiger partial charge in [-0.15, -0.1) is 11.3 Å². The molecule has 5 nitrogen and oxygen atoms in total. The molecule has 0 aliphatic carbocycles. The molecule has 0 atom stereocenters. The molecule has 6 heteroatoms. The maximum atomic E-state index is 13.2. The molecule has 0 aliphatic heterocycles. The molecule has 0 bridgehead atoms. The zero-order valence-corrected chi connectivity index (χ0v) is 18.8. The van der Waals surface area contributed by atoms with Gasteiger partial charge >= 0.3 is 5.97 Å². The predicted molar refractivity (Wildman–Crippen MR) is 126 cm³/mol. The molecule has 0 spiro atoms. The molecule has 0 saturated heterocycles. The SMILES string of the molecule is COC(=O)c1ccc(CC(=O)c2cc(-c3cc4ccccc4s3)c(OC)cc2OC)cc1. The Morgan fingerprint density at radius 3 is 2.22 bits per heavy atom. The molecule has 4 aromatic rings. The topological polar surface area (TPSA) is 61.8 Å². The maximum absolute atomic E-state index is 13.2. The molecule has 32 heavy (non-hydrogen) atoms. The minimum Gasteiger partial charge on any atom is -0.496 e. The highest BCUT2D eigenvalue weighted by Gasteiger charge is 2.20. The molecule has 0 unspecified atom stereocenters. The standard InChI is InChI=1S/C26H22O5S/c1-29-22-15-23(30-2)20(25-13-18-6-4-5-7-24(18)32-25)14-19(22)21(27)12-16-8-10-17(11-9-16)26(28)31-3/h4-11,13-15H,12H2,1-3H3. The number of carbonyl (C=O) groups excluding carboxylic acids is 2. The van der Waals surface area contributed by atoms with Gasteiger partial charge in [-0.1, -0.05) is 30.3 Å². The van der Waals surface area contributed by atoms with Crippen molar-refractivity contribution in [1.82, 2.24) is 0 Å². The van der Waals surface area contributed by atoms with Crippen molar-refractivity contribution < 1.29 is 23.8 Å². The van der Waals surface area contributed by atoms with Gasteiger partial charge in [0.1, 0.15) is 11.5 Å². The molecule has 0 N–H and O–H groups in total. The van der Waals surface area contributed by atoms with Gasteiger partial charge in [0.25, 0.3) is 0 Å². The third kappa shape index (κ3) is 4.22. The number of benzene rings is 3. The number of esters is 1. The third-order valence-corrected chi connectivity index (χ3v) is 6.40. The monoisotopic (exact) mass is 446 g/mol. The molecule has 162 valence electrons. The van der Waals surface area contributed by atoms with E-state index in [1.165, 1.54) is 18.9 Å². The van der Waals surface area contributed by atoms with Crippen molar-refractivity contribution in [2.24, 2.45) is 0 Å². The van der Waals surface area contributed by atoms with E-state index in [1.54, 1.807) is 48.8 Å². The Labute approximate surface area is 190 Å². The van der Waals surface area contributed by atoms with Crippen LogP contribution in [0, 0.1) is 0 Å². The number of hydrogen-bond acceptors (Lipinski definition) is 6. The Morgan fingerprint density at radius 1 is 0.844 bits per heavy atom. The summed E-state index contributed by atoms with van der Waals surface area (Å²) in [6.45, 7) is 0. The quantitative estimate of drug-likeness (QED) is 0.265. The van der Waals surface area contributed by atoms with E-state index in [-0.39, 0.29) is 12.2 Å². The van der Waals surface area contributed by atoms with E-state index < -0.39 is 5.97 Å². The first-order chi connectivity index (χ1) is 15.5. The van der Waals surface area contributed by atoms with E-state index in [2.05, 4.69) is 18.2 Å². The average Bonchev–Trinajstić information content (AvgIpc) is 3.27. The van der Waals surface area contributed by atoms with Crippen LogP contribution in [0.2, 0.25) is 0 Å². The van der Waals surface area contributed by atoms with E-state index in [4.69, 9.17) is 14.2 Å². The number of carbonyl (C=O) groups is 2. The van der Waals surface area contributed by atoms with Crippen LogP contribution >= 0.6 is 11.3 Å². The van der Waals surface area contributed by atoms with E-state index in [9.17, 15) is 9.59 Å². The van der Waals surface area contributed by atoms with E-state index in [0.717, 1.165) is 21.4 Å². The molecule has 0 aliphatic rings. The summed E-state index contributed by atoms with van der Waals surface area (Å²) >= 11 is 1.65. The van der Waals surface area contributed by atoms with Gasteiger partial charge in [0, 0.05) is 27.6 Å². The lowest BCUT2D eigenvalue weighted by Crippen LogP contribution is -2.07. The Balaban J connectivity index is 1.70. The second-order valence-electron chi connectivity index (χ2n) is 7.19. The van der Waals surface area contributed by atoms with Crippen molar-refractivity contribution in [3.05, 3.63) is 83.4 Å². The first-order valence-corrected chi connectivity index (χ1v) is 10.8. The number of rotatable bonds is 7. The number of ether oxygens (including phenoxy) is 3. The lowest BCUT2D eigenvalue weighted by atomic mass is 9.98. The largest absolute Gasteiger partial charge is 0.496 e. The van der Waals surface area contributed by atoms with Gasteiger partial charge in [0.15, 0.2) is 5.78 Å².